The summed E-state index contributed by atoms with van der Waals surface area (Å²) in [5.74, 6) is -0.245. The standard InChI is InChI=1S/C10H11BrO2S/c1-13-10(12)6-9(14)7-3-2-4-8(11)5-7/h2-5,9,14H,6H2,1H3. The van der Waals surface area contributed by atoms with Gasteiger partial charge in [0.1, 0.15) is 0 Å². The lowest BCUT2D eigenvalue weighted by Crippen LogP contribution is -2.04. The summed E-state index contributed by atoms with van der Waals surface area (Å²) in [5, 5.41) is -0.111. The summed E-state index contributed by atoms with van der Waals surface area (Å²) in [4.78, 5) is 11.0. The molecule has 0 fully saturated rings. The van der Waals surface area contributed by atoms with Gasteiger partial charge < -0.3 is 4.74 Å². The van der Waals surface area contributed by atoms with Crippen LogP contribution in [0.1, 0.15) is 17.2 Å². The lowest BCUT2D eigenvalue weighted by atomic mass is 10.1. The molecule has 1 aromatic carbocycles. The zero-order chi connectivity index (χ0) is 10.6. The number of carbonyl (C=O) groups excluding carboxylic acids is 1. The zero-order valence-corrected chi connectivity index (χ0v) is 10.2. The molecule has 0 aromatic heterocycles. The van der Waals surface area contributed by atoms with E-state index in [0.29, 0.717) is 0 Å². The Morgan fingerprint density at radius 3 is 2.93 bits per heavy atom. The SMILES string of the molecule is COC(=O)CC(S)c1cccc(Br)c1. The Kier molecular flexibility index (Phi) is 4.48. The van der Waals surface area contributed by atoms with Gasteiger partial charge in [0.15, 0.2) is 0 Å². The average Bonchev–Trinajstić information content (AvgIpc) is 2.17. The number of carbonyl (C=O) groups is 1. The predicted octanol–water partition coefficient (Wildman–Crippen LogP) is 2.98. The van der Waals surface area contributed by atoms with Crippen LogP contribution in [0, 0.1) is 0 Å². The van der Waals surface area contributed by atoms with E-state index in [0.717, 1.165) is 10.0 Å². The molecular formula is C10H11BrO2S. The van der Waals surface area contributed by atoms with Crippen molar-refractivity contribution in [2.45, 2.75) is 11.7 Å². The molecule has 4 heteroatoms. The minimum atomic E-state index is -0.245. The number of esters is 1. The van der Waals surface area contributed by atoms with Gasteiger partial charge in [-0.05, 0) is 17.7 Å². The smallest absolute Gasteiger partial charge is 0.306 e. The summed E-state index contributed by atoms with van der Waals surface area (Å²) >= 11 is 7.70. The van der Waals surface area contributed by atoms with Crippen molar-refractivity contribution in [3.8, 4) is 0 Å². The van der Waals surface area contributed by atoms with Gasteiger partial charge in [-0.25, -0.2) is 0 Å². The lowest BCUT2D eigenvalue weighted by molar-refractivity contribution is -0.140. The van der Waals surface area contributed by atoms with Gasteiger partial charge in [-0.2, -0.15) is 12.6 Å². The van der Waals surface area contributed by atoms with Crippen molar-refractivity contribution in [3.63, 3.8) is 0 Å². The van der Waals surface area contributed by atoms with E-state index in [1.165, 1.54) is 7.11 Å². The van der Waals surface area contributed by atoms with Crippen molar-refractivity contribution < 1.29 is 9.53 Å². The molecular weight excluding hydrogens is 264 g/mol. The van der Waals surface area contributed by atoms with Gasteiger partial charge in [0.05, 0.1) is 13.5 Å². The first-order chi connectivity index (χ1) is 6.63. The molecule has 0 spiro atoms. The lowest BCUT2D eigenvalue weighted by Gasteiger charge is -2.09. The van der Waals surface area contributed by atoms with E-state index in [1.54, 1.807) is 0 Å². The van der Waals surface area contributed by atoms with Crippen LogP contribution in [0.4, 0.5) is 0 Å². The quantitative estimate of drug-likeness (QED) is 0.678. The van der Waals surface area contributed by atoms with Crippen molar-refractivity contribution >= 4 is 34.5 Å². The van der Waals surface area contributed by atoms with E-state index in [4.69, 9.17) is 0 Å². The van der Waals surface area contributed by atoms with E-state index >= 15 is 0 Å². The second-order valence-corrected chi connectivity index (χ2v) is 4.39. The Bertz CT molecular complexity index is 328. The van der Waals surface area contributed by atoms with E-state index in [-0.39, 0.29) is 17.6 Å². The van der Waals surface area contributed by atoms with Crippen LogP contribution in [-0.2, 0) is 9.53 Å². The van der Waals surface area contributed by atoms with Gasteiger partial charge in [-0.15, -0.1) is 0 Å². The number of methoxy groups -OCH3 is 1. The fraction of sp³-hybridized carbons (Fsp3) is 0.300. The highest BCUT2D eigenvalue weighted by Gasteiger charge is 2.12. The molecule has 0 bridgehead atoms. The molecule has 0 saturated heterocycles. The normalized spacial score (nSPS) is 12.2. The highest BCUT2D eigenvalue weighted by molar-refractivity contribution is 9.10. The molecule has 0 aliphatic heterocycles. The van der Waals surface area contributed by atoms with Gasteiger partial charge in [-0.3, -0.25) is 4.79 Å². The number of benzene rings is 1. The Balaban J connectivity index is 2.69. The molecule has 0 N–H and O–H groups in total. The molecule has 2 nitrogen and oxygen atoms in total. The van der Waals surface area contributed by atoms with Crippen molar-refractivity contribution in [3.05, 3.63) is 34.3 Å². The topological polar surface area (TPSA) is 26.3 Å². The summed E-state index contributed by atoms with van der Waals surface area (Å²) in [7, 11) is 1.38. The molecule has 0 saturated carbocycles. The minimum absolute atomic E-state index is 0.111. The van der Waals surface area contributed by atoms with Crippen molar-refractivity contribution in [2.75, 3.05) is 7.11 Å². The highest BCUT2D eigenvalue weighted by Crippen LogP contribution is 2.26. The summed E-state index contributed by atoms with van der Waals surface area (Å²) in [6.45, 7) is 0. The van der Waals surface area contributed by atoms with Gasteiger partial charge in [-0.1, -0.05) is 28.1 Å². The number of hydrogen-bond donors (Lipinski definition) is 1. The maximum atomic E-state index is 11.0. The van der Waals surface area contributed by atoms with Gasteiger partial charge in [0, 0.05) is 9.72 Å². The molecule has 76 valence electrons. The van der Waals surface area contributed by atoms with Crippen LogP contribution in [0.15, 0.2) is 28.7 Å². The average molecular weight is 275 g/mol. The zero-order valence-electron chi connectivity index (χ0n) is 7.74. The molecule has 0 amide bonds. The third kappa shape index (κ3) is 3.35. The largest absolute Gasteiger partial charge is 0.469 e. The van der Waals surface area contributed by atoms with Crippen molar-refractivity contribution in [1.29, 1.82) is 0 Å². The Labute approximate surface area is 97.2 Å². The summed E-state index contributed by atoms with van der Waals surface area (Å²) in [6.07, 6.45) is 0.288. The molecule has 14 heavy (non-hydrogen) atoms. The Morgan fingerprint density at radius 1 is 1.64 bits per heavy atom. The maximum absolute atomic E-state index is 11.0. The molecule has 1 rings (SSSR count). The minimum Gasteiger partial charge on any atom is -0.469 e. The van der Waals surface area contributed by atoms with Crippen LogP contribution >= 0.6 is 28.6 Å². The molecule has 0 aliphatic rings. The highest BCUT2D eigenvalue weighted by atomic mass is 79.9. The number of rotatable bonds is 3. The molecule has 1 unspecified atom stereocenters. The van der Waals surface area contributed by atoms with E-state index in [9.17, 15) is 4.79 Å². The van der Waals surface area contributed by atoms with Crippen LogP contribution in [0.3, 0.4) is 0 Å². The van der Waals surface area contributed by atoms with Crippen LogP contribution in [0.25, 0.3) is 0 Å². The van der Waals surface area contributed by atoms with Crippen LogP contribution in [0.2, 0.25) is 0 Å². The predicted molar refractivity (Wildman–Crippen MR) is 62.5 cm³/mol. The fourth-order valence-corrected chi connectivity index (χ4v) is 1.80. The fourth-order valence-electron chi connectivity index (χ4n) is 1.07. The molecule has 0 heterocycles. The van der Waals surface area contributed by atoms with Crippen molar-refractivity contribution in [1.82, 2.24) is 0 Å². The molecule has 1 aromatic rings. The number of ether oxygens (including phenoxy) is 1. The number of thiol groups is 1. The first-order valence-corrected chi connectivity index (χ1v) is 5.44. The monoisotopic (exact) mass is 274 g/mol. The Hall–Kier alpha value is -0.480. The third-order valence-corrected chi connectivity index (χ3v) is 2.80. The van der Waals surface area contributed by atoms with E-state index in [1.807, 2.05) is 24.3 Å². The Morgan fingerprint density at radius 2 is 2.36 bits per heavy atom. The maximum Gasteiger partial charge on any atom is 0.306 e. The van der Waals surface area contributed by atoms with Gasteiger partial charge >= 0.3 is 5.97 Å². The second-order valence-electron chi connectivity index (χ2n) is 2.85. The summed E-state index contributed by atoms with van der Waals surface area (Å²) in [5.41, 5.74) is 1.01. The third-order valence-electron chi connectivity index (χ3n) is 1.82. The van der Waals surface area contributed by atoms with E-state index in [2.05, 4.69) is 33.3 Å². The van der Waals surface area contributed by atoms with Crippen molar-refractivity contribution in [2.24, 2.45) is 0 Å². The summed E-state index contributed by atoms with van der Waals surface area (Å²) < 4.78 is 5.56. The molecule has 0 radical (unpaired) electrons. The first-order valence-electron chi connectivity index (χ1n) is 4.14. The van der Waals surface area contributed by atoms with Crippen LogP contribution in [0.5, 0.6) is 0 Å². The van der Waals surface area contributed by atoms with E-state index < -0.39 is 0 Å². The second kappa shape index (κ2) is 5.41. The van der Waals surface area contributed by atoms with Gasteiger partial charge in [0.2, 0.25) is 0 Å². The number of hydrogen-bond acceptors (Lipinski definition) is 3. The van der Waals surface area contributed by atoms with Gasteiger partial charge in [0.25, 0.3) is 0 Å². The van der Waals surface area contributed by atoms with Crippen LogP contribution < -0.4 is 0 Å². The molecule has 1 atom stereocenters. The summed E-state index contributed by atoms with van der Waals surface area (Å²) in [6, 6.07) is 7.73. The molecule has 0 aliphatic carbocycles. The number of halogens is 1. The van der Waals surface area contributed by atoms with Crippen LogP contribution in [-0.4, -0.2) is 13.1 Å². The first kappa shape index (κ1) is 11.6.